The summed E-state index contributed by atoms with van der Waals surface area (Å²) < 4.78 is 0. The van der Waals surface area contributed by atoms with Crippen LogP contribution in [0.2, 0.25) is 0 Å². The molecule has 118 valence electrons. The summed E-state index contributed by atoms with van der Waals surface area (Å²) >= 11 is 0. The SMILES string of the molecule is O=C(O)C[C@@H](NC(=O)NCCC(=O)N1CCCC1)C(=O)O. The molecule has 1 rings (SSSR count). The Bertz CT molecular complexity index is 419. The van der Waals surface area contributed by atoms with E-state index >= 15 is 0 Å². The standard InChI is InChI=1S/C12H19N3O6/c16-9(15-5-1-2-6-15)3-4-13-12(21)14-8(11(19)20)7-10(17)18/h8H,1-7H2,(H,17,18)(H,19,20)(H2,13,14,21)/t8-/m1/s1. The molecule has 1 aliphatic heterocycles. The number of hydrogen-bond acceptors (Lipinski definition) is 4. The van der Waals surface area contributed by atoms with Gasteiger partial charge in [-0.2, -0.15) is 0 Å². The third-order valence-corrected chi connectivity index (χ3v) is 3.07. The van der Waals surface area contributed by atoms with Crippen molar-refractivity contribution in [3.8, 4) is 0 Å². The Kier molecular flexibility index (Phi) is 6.44. The summed E-state index contributed by atoms with van der Waals surface area (Å²) in [5.74, 6) is -2.82. The lowest BCUT2D eigenvalue weighted by Crippen LogP contribution is -2.47. The van der Waals surface area contributed by atoms with Crippen LogP contribution >= 0.6 is 0 Å². The first-order chi connectivity index (χ1) is 9.90. The summed E-state index contributed by atoms with van der Waals surface area (Å²) in [5.41, 5.74) is 0. The number of urea groups is 1. The average molecular weight is 301 g/mol. The van der Waals surface area contributed by atoms with E-state index in [0.29, 0.717) is 0 Å². The highest BCUT2D eigenvalue weighted by atomic mass is 16.4. The number of aliphatic carboxylic acids is 2. The minimum Gasteiger partial charge on any atom is -0.481 e. The Hall–Kier alpha value is -2.32. The van der Waals surface area contributed by atoms with E-state index in [1.807, 2.05) is 5.32 Å². The van der Waals surface area contributed by atoms with Gasteiger partial charge in [-0.25, -0.2) is 9.59 Å². The predicted molar refractivity (Wildman–Crippen MR) is 70.6 cm³/mol. The Labute approximate surface area is 121 Å². The Morgan fingerprint density at radius 1 is 1.10 bits per heavy atom. The van der Waals surface area contributed by atoms with Crippen LogP contribution < -0.4 is 10.6 Å². The predicted octanol–water partition coefficient (Wildman–Crippen LogP) is -0.774. The first-order valence-electron chi connectivity index (χ1n) is 6.67. The number of nitrogens with zero attached hydrogens (tertiary/aromatic N) is 1. The fraction of sp³-hybridized carbons (Fsp3) is 0.667. The molecule has 1 fully saturated rings. The van der Waals surface area contributed by atoms with Crippen LogP contribution in [0.5, 0.6) is 0 Å². The van der Waals surface area contributed by atoms with E-state index in [1.54, 1.807) is 4.90 Å². The number of carbonyl (C=O) groups excluding carboxylic acids is 2. The first-order valence-corrected chi connectivity index (χ1v) is 6.67. The molecule has 0 aromatic rings. The Morgan fingerprint density at radius 2 is 1.71 bits per heavy atom. The average Bonchev–Trinajstić information content (AvgIpc) is 2.91. The van der Waals surface area contributed by atoms with Crippen LogP contribution in [0, 0.1) is 0 Å². The van der Waals surface area contributed by atoms with Crippen molar-refractivity contribution < 1.29 is 29.4 Å². The molecule has 0 aromatic carbocycles. The molecule has 3 amide bonds. The molecule has 1 heterocycles. The van der Waals surface area contributed by atoms with E-state index in [1.165, 1.54) is 0 Å². The summed E-state index contributed by atoms with van der Waals surface area (Å²) in [6.45, 7) is 1.52. The lowest BCUT2D eigenvalue weighted by molar-refractivity contribution is -0.145. The molecular formula is C12H19N3O6. The topological polar surface area (TPSA) is 136 Å². The van der Waals surface area contributed by atoms with Crippen LogP contribution in [0.3, 0.4) is 0 Å². The summed E-state index contributed by atoms with van der Waals surface area (Å²) in [5, 5.41) is 21.7. The molecule has 9 heteroatoms. The molecule has 0 bridgehead atoms. The van der Waals surface area contributed by atoms with Crippen LogP contribution in [0.15, 0.2) is 0 Å². The number of likely N-dealkylation sites (tertiary alicyclic amines) is 1. The minimum absolute atomic E-state index is 0.0619. The van der Waals surface area contributed by atoms with Gasteiger partial charge in [0.15, 0.2) is 0 Å². The van der Waals surface area contributed by atoms with Crippen LogP contribution in [0.4, 0.5) is 4.79 Å². The van der Waals surface area contributed by atoms with Crippen molar-refractivity contribution in [2.24, 2.45) is 0 Å². The summed E-state index contributed by atoms with van der Waals surface area (Å²) in [6, 6.07) is -2.31. The van der Waals surface area contributed by atoms with E-state index in [0.717, 1.165) is 25.9 Å². The number of carboxylic acid groups (broad SMARTS) is 2. The van der Waals surface area contributed by atoms with Gasteiger partial charge in [0.05, 0.1) is 6.42 Å². The molecule has 0 aliphatic carbocycles. The molecular weight excluding hydrogens is 282 g/mol. The second kappa shape index (κ2) is 8.08. The number of hydrogen-bond donors (Lipinski definition) is 4. The van der Waals surface area contributed by atoms with Gasteiger partial charge < -0.3 is 25.7 Å². The largest absolute Gasteiger partial charge is 0.481 e. The van der Waals surface area contributed by atoms with E-state index in [9.17, 15) is 19.2 Å². The third-order valence-electron chi connectivity index (χ3n) is 3.07. The first kappa shape index (κ1) is 16.7. The third kappa shape index (κ3) is 6.11. The highest BCUT2D eigenvalue weighted by molar-refractivity contribution is 5.86. The number of rotatable bonds is 7. The smallest absolute Gasteiger partial charge is 0.326 e. The fourth-order valence-corrected chi connectivity index (χ4v) is 1.99. The van der Waals surface area contributed by atoms with Gasteiger partial charge in [0.1, 0.15) is 6.04 Å². The number of amides is 3. The van der Waals surface area contributed by atoms with Gasteiger partial charge in [0.25, 0.3) is 0 Å². The van der Waals surface area contributed by atoms with Crippen molar-refractivity contribution in [2.45, 2.75) is 31.7 Å². The quantitative estimate of drug-likeness (QED) is 0.487. The second-order valence-corrected chi connectivity index (χ2v) is 4.73. The van der Waals surface area contributed by atoms with Crippen molar-refractivity contribution in [2.75, 3.05) is 19.6 Å². The summed E-state index contributed by atoms with van der Waals surface area (Å²) in [6.07, 6.45) is 1.38. The normalized spacial score (nSPS) is 15.3. The van der Waals surface area contributed by atoms with E-state index < -0.39 is 30.4 Å². The molecule has 21 heavy (non-hydrogen) atoms. The van der Waals surface area contributed by atoms with Gasteiger partial charge >= 0.3 is 18.0 Å². The number of nitrogens with one attached hydrogen (secondary N) is 2. The van der Waals surface area contributed by atoms with Gasteiger partial charge in [-0.15, -0.1) is 0 Å². The lowest BCUT2D eigenvalue weighted by atomic mass is 10.2. The Morgan fingerprint density at radius 3 is 2.24 bits per heavy atom. The fourth-order valence-electron chi connectivity index (χ4n) is 1.99. The van der Waals surface area contributed by atoms with Crippen LogP contribution in [-0.4, -0.2) is 64.7 Å². The lowest BCUT2D eigenvalue weighted by Gasteiger charge is -2.16. The Balaban J connectivity index is 2.27. The van der Waals surface area contributed by atoms with E-state index in [-0.39, 0.29) is 18.9 Å². The van der Waals surface area contributed by atoms with Crippen LogP contribution in [-0.2, 0) is 14.4 Å². The van der Waals surface area contributed by atoms with Crippen LogP contribution in [0.25, 0.3) is 0 Å². The molecule has 0 unspecified atom stereocenters. The molecule has 0 radical (unpaired) electrons. The highest BCUT2D eigenvalue weighted by Gasteiger charge is 2.23. The minimum atomic E-state index is -1.50. The maximum absolute atomic E-state index is 11.7. The zero-order valence-electron chi connectivity index (χ0n) is 11.5. The van der Waals surface area contributed by atoms with Gasteiger partial charge in [-0.05, 0) is 12.8 Å². The second-order valence-electron chi connectivity index (χ2n) is 4.73. The van der Waals surface area contributed by atoms with Crippen LogP contribution in [0.1, 0.15) is 25.7 Å². The van der Waals surface area contributed by atoms with Crippen molar-refractivity contribution in [1.29, 1.82) is 0 Å². The van der Waals surface area contributed by atoms with Gasteiger partial charge in [-0.3, -0.25) is 9.59 Å². The number of carbonyl (C=O) groups is 4. The maximum atomic E-state index is 11.7. The molecule has 4 N–H and O–H groups in total. The van der Waals surface area contributed by atoms with Crippen molar-refractivity contribution in [3.63, 3.8) is 0 Å². The molecule has 0 aromatic heterocycles. The number of carboxylic acids is 2. The molecule has 9 nitrogen and oxygen atoms in total. The summed E-state index contributed by atoms with van der Waals surface area (Å²) in [4.78, 5) is 46.1. The zero-order chi connectivity index (χ0) is 15.8. The zero-order valence-corrected chi connectivity index (χ0v) is 11.5. The molecule has 1 atom stereocenters. The van der Waals surface area contributed by atoms with Gasteiger partial charge in [0, 0.05) is 26.1 Å². The van der Waals surface area contributed by atoms with Crippen molar-refractivity contribution >= 4 is 23.9 Å². The van der Waals surface area contributed by atoms with Gasteiger partial charge in [0.2, 0.25) is 5.91 Å². The molecule has 0 spiro atoms. The summed E-state index contributed by atoms with van der Waals surface area (Å²) in [7, 11) is 0. The molecule has 1 saturated heterocycles. The maximum Gasteiger partial charge on any atom is 0.326 e. The highest BCUT2D eigenvalue weighted by Crippen LogP contribution is 2.08. The van der Waals surface area contributed by atoms with Crippen molar-refractivity contribution in [1.82, 2.24) is 15.5 Å². The molecule has 1 aliphatic rings. The monoisotopic (exact) mass is 301 g/mol. The van der Waals surface area contributed by atoms with Crippen molar-refractivity contribution in [3.05, 3.63) is 0 Å². The van der Waals surface area contributed by atoms with E-state index in [4.69, 9.17) is 10.2 Å². The van der Waals surface area contributed by atoms with Gasteiger partial charge in [-0.1, -0.05) is 0 Å². The molecule has 0 saturated carbocycles. The van der Waals surface area contributed by atoms with E-state index in [2.05, 4.69) is 5.32 Å².